The summed E-state index contributed by atoms with van der Waals surface area (Å²) < 4.78 is 5.41. The van der Waals surface area contributed by atoms with Gasteiger partial charge in [-0.05, 0) is 24.5 Å². The van der Waals surface area contributed by atoms with Gasteiger partial charge in [0.15, 0.2) is 5.82 Å². The fraction of sp³-hybridized carbons (Fsp3) is 0.500. The first-order valence-corrected chi connectivity index (χ1v) is 6.76. The summed E-state index contributed by atoms with van der Waals surface area (Å²) in [4.78, 5) is 10.9. The van der Waals surface area contributed by atoms with E-state index in [0.29, 0.717) is 12.1 Å². The average Bonchev–Trinajstić information content (AvgIpc) is 3.08. The van der Waals surface area contributed by atoms with Crippen molar-refractivity contribution in [3.8, 4) is 0 Å². The highest BCUT2D eigenvalue weighted by molar-refractivity contribution is 5.35. The second-order valence-corrected chi connectivity index (χ2v) is 5.23. The summed E-state index contributed by atoms with van der Waals surface area (Å²) in [6.07, 6.45) is 5.96. The lowest BCUT2D eigenvalue weighted by molar-refractivity contribution is 0.401. The van der Waals surface area contributed by atoms with Crippen LogP contribution in [0, 0.1) is 0 Å². The summed E-state index contributed by atoms with van der Waals surface area (Å²) >= 11 is 0. The van der Waals surface area contributed by atoms with Gasteiger partial charge in [0.2, 0.25) is 0 Å². The summed E-state index contributed by atoms with van der Waals surface area (Å²) in [6.45, 7) is 5.09. The first kappa shape index (κ1) is 12.1. The van der Waals surface area contributed by atoms with E-state index in [0.717, 1.165) is 25.2 Å². The minimum absolute atomic E-state index is 0.289. The third-order valence-corrected chi connectivity index (χ3v) is 3.52. The summed E-state index contributed by atoms with van der Waals surface area (Å²) in [5.74, 6) is 1.06. The standard InChI is InChI=1S/C14H18N4O/c1-10(2)13-16-14(19-17-13)18-8-4-6-12(18)11-5-3-7-15-9-11/h3,5,7,9-10,12H,4,6,8H2,1-2H3. The molecule has 1 aliphatic rings. The second kappa shape index (κ2) is 4.99. The van der Waals surface area contributed by atoms with Crippen molar-refractivity contribution in [1.82, 2.24) is 15.1 Å². The Balaban J connectivity index is 1.86. The van der Waals surface area contributed by atoms with Gasteiger partial charge in [-0.25, -0.2) is 0 Å². The molecule has 19 heavy (non-hydrogen) atoms. The molecule has 3 heterocycles. The third-order valence-electron chi connectivity index (χ3n) is 3.52. The van der Waals surface area contributed by atoms with Crippen molar-refractivity contribution in [2.24, 2.45) is 0 Å². The molecule has 0 amide bonds. The van der Waals surface area contributed by atoms with Gasteiger partial charge >= 0.3 is 6.01 Å². The molecule has 1 saturated heterocycles. The first-order chi connectivity index (χ1) is 9.25. The van der Waals surface area contributed by atoms with Gasteiger partial charge in [-0.2, -0.15) is 4.98 Å². The van der Waals surface area contributed by atoms with E-state index in [9.17, 15) is 0 Å². The lowest BCUT2D eigenvalue weighted by Gasteiger charge is -2.22. The van der Waals surface area contributed by atoms with Gasteiger partial charge in [0, 0.05) is 24.9 Å². The highest BCUT2D eigenvalue weighted by Crippen LogP contribution is 2.35. The van der Waals surface area contributed by atoms with E-state index in [2.05, 4.69) is 39.9 Å². The smallest absolute Gasteiger partial charge is 0.317 e. The van der Waals surface area contributed by atoms with Gasteiger partial charge in [-0.1, -0.05) is 25.1 Å². The number of aromatic nitrogens is 3. The molecule has 1 aliphatic heterocycles. The molecule has 2 aromatic heterocycles. The van der Waals surface area contributed by atoms with Crippen LogP contribution < -0.4 is 4.90 Å². The van der Waals surface area contributed by atoms with Crippen LogP contribution in [0.5, 0.6) is 0 Å². The minimum Gasteiger partial charge on any atom is -0.317 e. The zero-order valence-corrected chi connectivity index (χ0v) is 11.3. The summed E-state index contributed by atoms with van der Waals surface area (Å²) in [7, 11) is 0. The average molecular weight is 258 g/mol. The lowest BCUT2D eigenvalue weighted by atomic mass is 10.1. The number of pyridine rings is 1. The van der Waals surface area contributed by atoms with Crippen LogP contribution in [-0.4, -0.2) is 21.7 Å². The molecular weight excluding hydrogens is 240 g/mol. The molecule has 0 spiro atoms. The molecule has 1 atom stereocenters. The molecule has 1 unspecified atom stereocenters. The van der Waals surface area contributed by atoms with Crippen molar-refractivity contribution in [1.29, 1.82) is 0 Å². The predicted octanol–water partition coefficient (Wildman–Crippen LogP) is 2.93. The molecule has 5 nitrogen and oxygen atoms in total. The number of rotatable bonds is 3. The Morgan fingerprint density at radius 1 is 1.42 bits per heavy atom. The van der Waals surface area contributed by atoms with Gasteiger partial charge in [-0.15, -0.1) is 0 Å². The molecule has 0 aliphatic carbocycles. The van der Waals surface area contributed by atoms with Crippen molar-refractivity contribution >= 4 is 6.01 Å². The van der Waals surface area contributed by atoms with Gasteiger partial charge in [0.25, 0.3) is 0 Å². The van der Waals surface area contributed by atoms with E-state index >= 15 is 0 Å². The molecule has 0 bridgehead atoms. The highest BCUT2D eigenvalue weighted by Gasteiger charge is 2.30. The minimum atomic E-state index is 0.289. The van der Waals surface area contributed by atoms with E-state index in [4.69, 9.17) is 4.52 Å². The molecule has 0 aromatic carbocycles. The van der Waals surface area contributed by atoms with Crippen LogP contribution in [-0.2, 0) is 0 Å². The lowest BCUT2D eigenvalue weighted by Crippen LogP contribution is -2.23. The van der Waals surface area contributed by atoms with Crippen LogP contribution in [0.4, 0.5) is 6.01 Å². The normalized spacial score (nSPS) is 19.3. The molecule has 100 valence electrons. The fourth-order valence-electron chi connectivity index (χ4n) is 2.49. The summed E-state index contributed by atoms with van der Waals surface area (Å²) in [5.41, 5.74) is 1.21. The fourth-order valence-corrected chi connectivity index (χ4v) is 2.49. The number of anilines is 1. The van der Waals surface area contributed by atoms with Crippen LogP contribution in [0.1, 0.15) is 50.0 Å². The van der Waals surface area contributed by atoms with E-state index in [1.165, 1.54) is 5.56 Å². The monoisotopic (exact) mass is 258 g/mol. The van der Waals surface area contributed by atoms with E-state index < -0.39 is 0 Å². The molecule has 5 heteroatoms. The van der Waals surface area contributed by atoms with Gasteiger partial charge < -0.3 is 9.42 Å². The van der Waals surface area contributed by atoms with Gasteiger partial charge in [0.1, 0.15) is 0 Å². The molecule has 3 rings (SSSR count). The molecule has 0 N–H and O–H groups in total. The Morgan fingerprint density at radius 2 is 2.32 bits per heavy atom. The van der Waals surface area contributed by atoms with E-state index in [1.54, 1.807) is 6.20 Å². The van der Waals surface area contributed by atoms with Gasteiger partial charge in [-0.3, -0.25) is 4.98 Å². The molecule has 0 radical (unpaired) electrons. The zero-order valence-electron chi connectivity index (χ0n) is 11.3. The Morgan fingerprint density at radius 3 is 3.00 bits per heavy atom. The zero-order chi connectivity index (χ0) is 13.2. The molecule has 1 fully saturated rings. The van der Waals surface area contributed by atoms with Crippen molar-refractivity contribution in [2.75, 3.05) is 11.4 Å². The van der Waals surface area contributed by atoms with Crippen LogP contribution in [0.25, 0.3) is 0 Å². The van der Waals surface area contributed by atoms with Crippen molar-refractivity contribution in [2.45, 2.75) is 38.6 Å². The Hall–Kier alpha value is -1.91. The second-order valence-electron chi connectivity index (χ2n) is 5.23. The SMILES string of the molecule is CC(C)c1noc(N2CCCC2c2cccnc2)n1. The van der Waals surface area contributed by atoms with E-state index in [-0.39, 0.29) is 5.92 Å². The Kier molecular flexibility index (Phi) is 3.19. The maximum Gasteiger partial charge on any atom is 0.324 e. The first-order valence-electron chi connectivity index (χ1n) is 6.76. The van der Waals surface area contributed by atoms with Gasteiger partial charge in [0.05, 0.1) is 6.04 Å². The molecule has 2 aromatic rings. The predicted molar refractivity (Wildman–Crippen MR) is 71.9 cm³/mol. The maximum absolute atomic E-state index is 5.41. The summed E-state index contributed by atoms with van der Waals surface area (Å²) in [6, 6.07) is 5.01. The summed E-state index contributed by atoms with van der Waals surface area (Å²) in [5, 5.41) is 4.04. The maximum atomic E-state index is 5.41. The topological polar surface area (TPSA) is 55.1 Å². The van der Waals surface area contributed by atoms with Crippen LogP contribution >= 0.6 is 0 Å². The van der Waals surface area contributed by atoms with E-state index in [1.807, 2.05) is 12.3 Å². The molecular formula is C14H18N4O. The van der Waals surface area contributed by atoms with Crippen molar-refractivity contribution in [3.63, 3.8) is 0 Å². The Bertz CT molecular complexity index is 537. The molecule has 0 saturated carbocycles. The number of nitrogens with zero attached hydrogens (tertiary/aromatic N) is 4. The number of hydrogen-bond donors (Lipinski definition) is 0. The quantitative estimate of drug-likeness (QED) is 0.847. The van der Waals surface area contributed by atoms with Crippen LogP contribution in [0.15, 0.2) is 29.0 Å². The van der Waals surface area contributed by atoms with Crippen molar-refractivity contribution in [3.05, 3.63) is 35.9 Å². The highest BCUT2D eigenvalue weighted by atomic mass is 16.5. The largest absolute Gasteiger partial charge is 0.324 e. The third kappa shape index (κ3) is 2.32. The Labute approximate surface area is 112 Å². The van der Waals surface area contributed by atoms with Crippen LogP contribution in [0.2, 0.25) is 0 Å². The van der Waals surface area contributed by atoms with Crippen molar-refractivity contribution < 1.29 is 4.52 Å². The van der Waals surface area contributed by atoms with Crippen LogP contribution in [0.3, 0.4) is 0 Å². The number of hydrogen-bond acceptors (Lipinski definition) is 5.